The summed E-state index contributed by atoms with van der Waals surface area (Å²) < 4.78 is 0. The number of aromatic amines is 1. The zero-order chi connectivity index (χ0) is 12.3. The van der Waals surface area contributed by atoms with E-state index in [1.807, 2.05) is 19.9 Å². The third-order valence-corrected chi connectivity index (χ3v) is 2.32. The van der Waals surface area contributed by atoms with Crippen LogP contribution in [-0.4, -0.2) is 37.4 Å². The molecule has 0 spiro atoms. The van der Waals surface area contributed by atoms with E-state index in [-0.39, 0.29) is 19.0 Å². The Balaban J connectivity index is 0.00000162. The Kier molecular flexibility index (Phi) is 4.63. The average molecular weight is 270 g/mol. The predicted octanol–water partition coefficient (Wildman–Crippen LogP) is 1.47. The van der Waals surface area contributed by atoms with Crippen LogP contribution in [0.1, 0.15) is 13.8 Å². The lowest BCUT2D eigenvalue weighted by molar-refractivity contribution is 0.234. The summed E-state index contributed by atoms with van der Waals surface area (Å²) in [5.41, 5.74) is 1.27. The molecule has 2 aromatic heterocycles. The van der Waals surface area contributed by atoms with Crippen molar-refractivity contribution in [3.8, 4) is 11.3 Å². The maximum absolute atomic E-state index is 9.19. The molecule has 3 N–H and O–H groups in total. The maximum atomic E-state index is 9.19. The van der Waals surface area contributed by atoms with E-state index in [0.29, 0.717) is 5.82 Å². The van der Waals surface area contributed by atoms with E-state index in [4.69, 9.17) is 0 Å². The van der Waals surface area contributed by atoms with Crippen molar-refractivity contribution >= 4 is 18.2 Å². The van der Waals surface area contributed by atoms with Crippen molar-refractivity contribution in [2.45, 2.75) is 19.4 Å². The van der Waals surface area contributed by atoms with Crippen molar-refractivity contribution in [2.75, 3.05) is 11.9 Å². The first kappa shape index (κ1) is 14.4. The second-order valence-corrected chi connectivity index (χ2v) is 4.44. The molecule has 0 aromatic carbocycles. The molecule has 2 rings (SSSR count). The van der Waals surface area contributed by atoms with Gasteiger partial charge in [0.2, 0.25) is 0 Å². The molecule has 6 nitrogen and oxygen atoms in total. The van der Waals surface area contributed by atoms with Crippen LogP contribution in [0.3, 0.4) is 0 Å². The van der Waals surface area contributed by atoms with Gasteiger partial charge in [-0.25, -0.2) is 9.97 Å². The zero-order valence-corrected chi connectivity index (χ0v) is 11.0. The Bertz CT molecular complexity index is 486. The summed E-state index contributed by atoms with van der Waals surface area (Å²) in [4.78, 5) is 8.28. The van der Waals surface area contributed by atoms with Crippen LogP contribution in [0.15, 0.2) is 24.8 Å². The van der Waals surface area contributed by atoms with Gasteiger partial charge in [0.15, 0.2) is 0 Å². The fourth-order valence-corrected chi connectivity index (χ4v) is 1.36. The highest BCUT2D eigenvalue weighted by atomic mass is 35.5. The van der Waals surface area contributed by atoms with Gasteiger partial charge in [0.1, 0.15) is 12.1 Å². The first-order chi connectivity index (χ1) is 8.11. The average Bonchev–Trinajstić information content (AvgIpc) is 2.82. The summed E-state index contributed by atoms with van der Waals surface area (Å²) in [6.45, 7) is 3.82. The topological polar surface area (TPSA) is 86.7 Å². The quantitative estimate of drug-likeness (QED) is 0.782. The van der Waals surface area contributed by atoms with Gasteiger partial charge >= 0.3 is 0 Å². The Labute approximate surface area is 111 Å². The summed E-state index contributed by atoms with van der Waals surface area (Å²) >= 11 is 0. The molecular formula is C11H16ClN5O. The fourth-order valence-electron chi connectivity index (χ4n) is 1.36. The first-order valence-corrected chi connectivity index (χ1v) is 5.31. The number of rotatable bonds is 4. The van der Waals surface area contributed by atoms with E-state index in [1.54, 1.807) is 12.4 Å². The number of anilines is 1. The third-order valence-electron chi connectivity index (χ3n) is 2.32. The van der Waals surface area contributed by atoms with Gasteiger partial charge < -0.3 is 10.4 Å². The van der Waals surface area contributed by atoms with E-state index in [0.717, 1.165) is 11.3 Å². The van der Waals surface area contributed by atoms with E-state index in [2.05, 4.69) is 25.5 Å². The van der Waals surface area contributed by atoms with Crippen molar-refractivity contribution in [3.05, 3.63) is 24.8 Å². The molecule has 18 heavy (non-hydrogen) atoms. The number of nitrogens with zero attached hydrogens (tertiary/aromatic N) is 3. The van der Waals surface area contributed by atoms with Gasteiger partial charge in [-0.15, -0.1) is 12.4 Å². The summed E-state index contributed by atoms with van der Waals surface area (Å²) in [5.74, 6) is 0.676. The molecule has 0 aliphatic rings. The molecule has 0 amide bonds. The third kappa shape index (κ3) is 3.41. The second-order valence-electron chi connectivity index (χ2n) is 4.44. The van der Waals surface area contributed by atoms with E-state index < -0.39 is 5.54 Å². The number of halogens is 1. The molecule has 0 atom stereocenters. The van der Waals surface area contributed by atoms with Gasteiger partial charge in [-0.1, -0.05) is 0 Å². The van der Waals surface area contributed by atoms with Gasteiger partial charge in [-0.05, 0) is 13.8 Å². The van der Waals surface area contributed by atoms with Crippen LogP contribution in [0.2, 0.25) is 0 Å². The highest BCUT2D eigenvalue weighted by Crippen LogP contribution is 2.19. The molecule has 98 valence electrons. The summed E-state index contributed by atoms with van der Waals surface area (Å²) in [6.07, 6.45) is 4.95. The second kappa shape index (κ2) is 5.79. The normalized spacial score (nSPS) is 10.8. The summed E-state index contributed by atoms with van der Waals surface area (Å²) in [6, 6.07) is 1.82. The van der Waals surface area contributed by atoms with Crippen molar-refractivity contribution in [1.82, 2.24) is 20.2 Å². The Hall–Kier alpha value is -1.66. The molecule has 0 aliphatic heterocycles. The molecule has 0 radical (unpaired) electrons. The summed E-state index contributed by atoms with van der Waals surface area (Å²) in [5, 5.41) is 18.9. The van der Waals surface area contributed by atoms with Crippen LogP contribution in [0.25, 0.3) is 11.3 Å². The minimum atomic E-state index is -0.415. The van der Waals surface area contributed by atoms with Crippen LogP contribution >= 0.6 is 12.4 Å². The highest BCUT2D eigenvalue weighted by molar-refractivity contribution is 5.85. The largest absolute Gasteiger partial charge is 0.394 e. The number of hydrogen-bond donors (Lipinski definition) is 3. The lowest BCUT2D eigenvalue weighted by Gasteiger charge is -2.24. The van der Waals surface area contributed by atoms with Crippen LogP contribution in [-0.2, 0) is 0 Å². The molecule has 0 bridgehead atoms. The molecule has 2 heterocycles. The van der Waals surface area contributed by atoms with Gasteiger partial charge in [0.05, 0.1) is 24.0 Å². The number of aliphatic hydroxyl groups excluding tert-OH is 1. The minimum absolute atomic E-state index is 0. The summed E-state index contributed by atoms with van der Waals surface area (Å²) in [7, 11) is 0. The molecule has 0 saturated carbocycles. The van der Waals surface area contributed by atoms with Gasteiger partial charge in [-0.3, -0.25) is 5.10 Å². The molecular weight excluding hydrogens is 254 g/mol. The van der Waals surface area contributed by atoms with Crippen molar-refractivity contribution in [3.63, 3.8) is 0 Å². The highest BCUT2D eigenvalue weighted by Gasteiger charge is 2.16. The molecule has 0 aliphatic carbocycles. The standard InChI is InChI=1S/C11H15N5O.ClH/c1-11(2,6-17)16-10-3-9(12-7-13-10)8-4-14-15-5-8;/h3-5,7,17H,6H2,1-2H3,(H,14,15)(H,12,13,16);1H. The number of H-pyrrole nitrogens is 1. The van der Waals surface area contributed by atoms with E-state index >= 15 is 0 Å². The number of aliphatic hydroxyl groups is 1. The Morgan fingerprint density at radius 1 is 1.39 bits per heavy atom. The lowest BCUT2D eigenvalue weighted by Crippen LogP contribution is -2.35. The van der Waals surface area contributed by atoms with Crippen molar-refractivity contribution in [2.24, 2.45) is 0 Å². The maximum Gasteiger partial charge on any atom is 0.130 e. The molecule has 0 saturated heterocycles. The molecule has 0 unspecified atom stereocenters. The zero-order valence-electron chi connectivity index (χ0n) is 10.2. The smallest absolute Gasteiger partial charge is 0.130 e. The minimum Gasteiger partial charge on any atom is -0.394 e. The van der Waals surface area contributed by atoms with E-state index in [1.165, 1.54) is 6.33 Å². The number of hydrogen-bond acceptors (Lipinski definition) is 5. The predicted molar refractivity (Wildman–Crippen MR) is 71.6 cm³/mol. The van der Waals surface area contributed by atoms with Crippen LogP contribution < -0.4 is 5.32 Å². The monoisotopic (exact) mass is 269 g/mol. The fraction of sp³-hybridized carbons (Fsp3) is 0.364. The van der Waals surface area contributed by atoms with Gasteiger partial charge in [0.25, 0.3) is 0 Å². The van der Waals surface area contributed by atoms with Crippen molar-refractivity contribution in [1.29, 1.82) is 0 Å². The molecule has 7 heteroatoms. The van der Waals surface area contributed by atoms with Crippen molar-refractivity contribution < 1.29 is 5.11 Å². The Morgan fingerprint density at radius 3 is 2.78 bits per heavy atom. The van der Waals surface area contributed by atoms with Crippen LogP contribution in [0.5, 0.6) is 0 Å². The number of aromatic nitrogens is 4. The number of nitrogens with one attached hydrogen (secondary N) is 2. The lowest BCUT2D eigenvalue weighted by atomic mass is 10.1. The molecule has 2 aromatic rings. The van der Waals surface area contributed by atoms with Gasteiger partial charge in [-0.2, -0.15) is 5.10 Å². The van der Waals surface area contributed by atoms with Crippen LogP contribution in [0.4, 0.5) is 5.82 Å². The SMILES string of the molecule is CC(C)(CO)Nc1cc(-c2cn[nH]c2)ncn1.Cl. The first-order valence-electron chi connectivity index (χ1n) is 5.31. The Morgan fingerprint density at radius 2 is 2.17 bits per heavy atom. The molecule has 0 fully saturated rings. The van der Waals surface area contributed by atoms with Gasteiger partial charge in [0, 0.05) is 17.8 Å². The van der Waals surface area contributed by atoms with Crippen LogP contribution in [0, 0.1) is 0 Å². The van der Waals surface area contributed by atoms with E-state index in [9.17, 15) is 5.11 Å².